The number of anilines is 2. The number of aromatic nitrogens is 3. The van der Waals surface area contributed by atoms with Crippen molar-refractivity contribution < 1.29 is 27.1 Å². The Kier molecular flexibility index (Phi) is 7.10. The summed E-state index contributed by atoms with van der Waals surface area (Å²) in [6, 6.07) is 7.06. The van der Waals surface area contributed by atoms with Gasteiger partial charge in [-0.2, -0.15) is 13.2 Å². The molecular formula is C23H22F4N6O2. The van der Waals surface area contributed by atoms with Gasteiger partial charge in [-0.05, 0) is 49.7 Å². The van der Waals surface area contributed by atoms with E-state index in [0.29, 0.717) is 18.5 Å². The van der Waals surface area contributed by atoms with E-state index in [9.17, 15) is 18.0 Å². The van der Waals surface area contributed by atoms with Crippen molar-refractivity contribution in [1.29, 1.82) is 0 Å². The molecule has 4 rings (SSSR count). The molecule has 1 amide bonds. The number of carbonyl (C=O) groups excluding carboxylic acids is 1. The average molecular weight is 490 g/mol. The van der Waals surface area contributed by atoms with Crippen LogP contribution in [-0.4, -0.2) is 46.7 Å². The number of halogens is 4. The zero-order valence-corrected chi connectivity index (χ0v) is 18.4. The van der Waals surface area contributed by atoms with Crippen molar-refractivity contribution in [2.24, 2.45) is 5.92 Å². The maximum atomic E-state index is 15.5. The third kappa shape index (κ3) is 6.21. The van der Waals surface area contributed by atoms with Gasteiger partial charge >= 0.3 is 6.18 Å². The number of rotatable bonds is 6. The molecule has 4 N–H and O–H groups in total. The van der Waals surface area contributed by atoms with Crippen molar-refractivity contribution in [3.8, 4) is 28.3 Å². The predicted molar refractivity (Wildman–Crippen MR) is 121 cm³/mol. The minimum absolute atomic E-state index is 0.00177. The first kappa shape index (κ1) is 24.3. The third-order valence-corrected chi connectivity index (χ3v) is 5.38. The molecule has 2 aromatic heterocycles. The van der Waals surface area contributed by atoms with Crippen LogP contribution in [0.4, 0.5) is 29.2 Å². The van der Waals surface area contributed by atoms with Gasteiger partial charge in [0.15, 0.2) is 12.4 Å². The minimum Gasteiger partial charge on any atom is -0.484 e. The second-order valence-electron chi connectivity index (χ2n) is 8.01. The zero-order chi connectivity index (χ0) is 25.0. The highest BCUT2D eigenvalue weighted by Gasteiger charge is 2.28. The molecule has 1 aromatic carbocycles. The molecule has 184 valence electrons. The molecule has 0 bridgehead atoms. The number of amides is 1. The van der Waals surface area contributed by atoms with E-state index >= 15 is 4.39 Å². The summed E-state index contributed by atoms with van der Waals surface area (Å²) in [6.07, 6.45) is -0.339. The number of ether oxygens (including phenoxy) is 1. The van der Waals surface area contributed by atoms with E-state index < -0.39 is 18.6 Å². The number of nitrogens with two attached hydrogens (primary N) is 1. The summed E-state index contributed by atoms with van der Waals surface area (Å²) in [5.41, 5.74) is 6.30. The summed E-state index contributed by atoms with van der Waals surface area (Å²) >= 11 is 0. The van der Waals surface area contributed by atoms with E-state index in [1.807, 2.05) is 0 Å². The summed E-state index contributed by atoms with van der Waals surface area (Å²) in [6.45, 7) is -0.112. The maximum Gasteiger partial charge on any atom is 0.422 e. The number of hydrogen-bond donors (Lipinski definition) is 3. The lowest BCUT2D eigenvalue weighted by Crippen LogP contribution is -2.37. The Labute approximate surface area is 197 Å². The molecule has 3 heterocycles. The van der Waals surface area contributed by atoms with Crippen LogP contribution < -0.4 is 21.1 Å². The van der Waals surface area contributed by atoms with Gasteiger partial charge in [-0.1, -0.05) is 0 Å². The first-order chi connectivity index (χ1) is 16.7. The molecule has 0 unspecified atom stereocenters. The lowest BCUT2D eigenvalue weighted by molar-refractivity contribution is -0.153. The molecule has 1 aliphatic rings. The fraction of sp³-hybridized carbons (Fsp3) is 0.304. The normalized spacial score (nSPS) is 16.1. The largest absolute Gasteiger partial charge is 0.484 e. The maximum absolute atomic E-state index is 15.5. The molecule has 0 spiro atoms. The fourth-order valence-electron chi connectivity index (χ4n) is 3.62. The number of nitrogens with one attached hydrogen (secondary N) is 2. The van der Waals surface area contributed by atoms with Crippen molar-refractivity contribution in [2.75, 3.05) is 30.7 Å². The quantitative estimate of drug-likeness (QED) is 0.450. The smallest absolute Gasteiger partial charge is 0.422 e. The summed E-state index contributed by atoms with van der Waals surface area (Å²) in [5.74, 6) is -1.40. The molecule has 1 aliphatic heterocycles. The van der Waals surface area contributed by atoms with E-state index in [0.717, 1.165) is 13.0 Å². The zero-order valence-electron chi connectivity index (χ0n) is 18.4. The number of piperidine rings is 1. The van der Waals surface area contributed by atoms with Crippen molar-refractivity contribution in [3.63, 3.8) is 0 Å². The van der Waals surface area contributed by atoms with Crippen LogP contribution in [0.2, 0.25) is 0 Å². The molecule has 12 heteroatoms. The van der Waals surface area contributed by atoms with Crippen LogP contribution in [0.15, 0.2) is 42.7 Å². The number of carbonyl (C=O) groups is 1. The number of hydrogen-bond acceptors (Lipinski definition) is 7. The van der Waals surface area contributed by atoms with Crippen molar-refractivity contribution in [2.45, 2.75) is 19.0 Å². The Hall–Kier alpha value is -3.80. The highest BCUT2D eigenvalue weighted by molar-refractivity contribution is 5.94. The van der Waals surface area contributed by atoms with Gasteiger partial charge in [0, 0.05) is 30.1 Å². The van der Waals surface area contributed by atoms with Crippen LogP contribution in [0.25, 0.3) is 22.5 Å². The van der Waals surface area contributed by atoms with Gasteiger partial charge in [0.05, 0.1) is 17.3 Å². The lowest BCUT2D eigenvalue weighted by atomic mass is 9.98. The van der Waals surface area contributed by atoms with Crippen LogP contribution in [0.1, 0.15) is 12.8 Å². The molecule has 0 saturated carbocycles. The lowest BCUT2D eigenvalue weighted by Gasteiger charge is -2.22. The number of pyridine rings is 1. The monoisotopic (exact) mass is 490 g/mol. The van der Waals surface area contributed by atoms with Crippen molar-refractivity contribution in [3.05, 3.63) is 48.5 Å². The summed E-state index contributed by atoms with van der Waals surface area (Å²) in [4.78, 5) is 24.9. The summed E-state index contributed by atoms with van der Waals surface area (Å²) in [5, 5.41) is 5.79. The van der Waals surface area contributed by atoms with Gasteiger partial charge in [0.25, 0.3) is 0 Å². The van der Waals surface area contributed by atoms with Gasteiger partial charge in [0.1, 0.15) is 11.4 Å². The summed E-state index contributed by atoms with van der Waals surface area (Å²) in [7, 11) is 0. The predicted octanol–water partition coefficient (Wildman–Crippen LogP) is 3.81. The molecule has 8 nitrogen and oxygen atoms in total. The van der Waals surface area contributed by atoms with Crippen LogP contribution in [0.3, 0.4) is 0 Å². The second-order valence-corrected chi connectivity index (χ2v) is 8.01. The Bertz CT molecular complexity index is 1180. The van der Waals surface area contributed by atoms with Crippen molar-refractivity contribution in [1.82, 2.24) is 20.3 Å². The fourth-order valence-corrected chi connectivity index (χ4v) is 3.62. The van der Waals surface area contributed by atoms with E-state index in [1.165, 1.54) is 42.7 Å². The van der Waals surface area contributed by atoms with E-state index in [1.54, 1.807) is 0 Å². The Morgan fingerprint density at radius 2 is 1.89 bits per heavy atom. The number of benzene rings is 1. The summed E-state index contributed by atoms with van der Waals surface area (Å²) < 4.78 is 57.4. The first-order valence-electron chi connectivity index (χ1n) is 10.8. The molecule has 1 atom stereocenters. The van der Waals surface area contributed by atoms with Gasteiger partial charge < -0.3 is 21.1 Å². The molecule has 1 fully saturated rings. The molecule has 0 aliphatic carbocycles. The van der Waals surface area contributed by atoms with Crippen LogP contribution >= 0.6 is 0 Å². The molecule has 1 saturated heterocycles. The molecule has 3 aromatic rings. The molecule has 35 heavy (non-hydrogen) atoms. The molecular weight excluding hydrogens is 468 g/mol. The highest BCUT2D eigenvalue weighted by atomic mass is 19.4. The Balaban J connectivity index is 1.68. The Morgan fingerprint density at radius 3 is 2.51 bits per heavy atom. The SMILES string of the molecule is Nc1ncc(-c2nc(-c3ccc(OCC(F)(F)F)cc3)cc(NC(=O)[C@@H]3CCCNC3)c2F)cn1. The first-order valence-corrected chi connectivity index (χ1v) is 10.8. The van der Waals surface area contributed by atoms with Gasteiger partial charge in [-0.15, -0.1) is 0 Å². The van der Waals surface area contributed by atoms with Crippen LogP contribution in [0.5, 0.6) is 5.75 Å². The van der Waals surface area contributed by atoms with E-state index in [4.69, 9.17) is 10.5 Å². The van der Waals surface area contributed by atoms with Gasteiger partial charge in [-0.3, -0.25) is 4.79 Å². The van der Waals surface area contributed by atoms with Gasteiger partial charge in [-0.25, -0.2) is 19.3 Å². The molecule has 0 radical (unpaired) electrons. The van der Waals surface area contributed by atoms with E-state index in [-0.39, 0.29) is 46.2 Å². The number of alkyl halides is 3. The van der Waals surface area contributed by atoms with Crippen LogP contribution in [-0.2, 0) is 4.79 Å². The van der Waals surface area contributed by atoms with Gasteiger partial charge in [0.2, 0.25) is 11.9 Å². The highest BCUT2D eigenvalue weighted by Crippen LogP contribution is 2.32. The standard InChI is InChI=1S/C23H22F4N6O2/c24-19-18(33-21(34)14-2-1-7-29-9-14)8-17(32-20(19)15-10-30-22(28)31-11-15)13-3-5-16(6-4-13)35-12-23(25,26)27/h3-6,8,10-11,14,29H,1-2,7,9,12H2,(H2,28,30,31)(H,32,33,34)/t14-/m1/s1. The minimum atomic E-state index is -4.46. The van der Waals surface area contributed by atoms with Crippen LogP contribution in [0, 0.1) is 11.7 Å². The average Bonchev–Trinajstić information content (AvgIpc) is 2.85. The Morgan fingerprint density at radius 1 is 1.17 bits per heavy atom. The van der Waals surface area contributed by atoms with Crippen molar-refractivity contribution >= 4 is 17.5 Å². The second kappa shape index (κ2) is 10.2. The third-order valence-electron chi connectivity index (χ3n) is 5.38. The van der Waals surface area contributed by atoms with E-state index in [2.05, 4.69) is 25.6 Å². The number of nitrogens with zero attached hydrogens (tertiary/aromatic N) is 3. The number of nitrogen functional groups attached to an aromatic ring is 1. The topological polar surface area (TPSA) is 115 Å².